The van der Waals surface area contributed by atoms with Crippen LogP contribution in [0.5, 0.6) is 5.75 Å². The van der Waals surface area contributed by atoms with Crippen molar-refractivity contribution in [3.63, 3.8) is 0 Å². The monoisotopic (exact) mass is 503 g/mol. The fraction of sp³-hybridized carbons (Fsp3) is 0.333. The van der Waals surface area contributed by atoms with Crippen LogP contribution in [-0.4, -0.2) is 28.6 Å². The van der Waals surface area contributed by atoms with Gasteiger partial charge < -0.3 is 14.6 Å². The molecule has 1 heterocycles. The summed E-state index contributed by atoms with van der Waals surface area (Å²) in [5, 5.41) is 3.61. The molecule has 0 fully saturated rings. The summed E-state index contributed by atoms with van der Waals surface area (Å²) in [7, 11) is 0. The van der Waals surface area contributed by atoms with Crippen LogP contribution in [-0.2, 0) is 13.0 Å². The Bertz CT molecular complexity index is 1310. The minimum Gasteiger partial charge on any atom is -0.493 e. The van der Waals surface area contributed by atoms with Crippen LogP contribution in [0.1, 0.15) is 59.9 Å². The molecule has 0 atom stereocenters. The summed E-state index contributed by atoms with van der Waals surface area (Å²) in [6, 6.07) is 21.6. The Balaban J connectivity index is 1.34. The molecule has 188 valence electrons. The summed E-state index contributed by atoms with van der Waals surface area (Å²) in [5.41, 5.74) is 5.17. The number of halogens is 1. The second-order valence-electron chi connectivity index (χ2n) is 9.43. The van der Waals surface area contributed by atoms with Crippen molar-refractivity contribution in [3.8, 4) is 5.75 Å². The number of rotatable bonds is 11. The van der Waals surface area contributed by atoms with Crippen molar-refractivity contribution >= 4 is 28.5 Å². The highest BCUT2D eigenvalue weighted by molar-refractivity contribution is 6.30. The molecular formula is C30H34ClN3O2. The number of aryl methyl sites for hydroxylation is 2. The summed E-state index contributed by atoms with van der Waals surface area (Å²) < 4.78 is 8.45. The summed E-state index contributed by atoms with van der Waals surface area (Å²) in [5.74, 6) is 2.30. The Hall–Kier alpha value is -3.31. The smallest absolute Gasteiger partial charge is 0.251 e. The lowest BCUT2D eigenvalue weighted by atomic mass is 10.0. The van der Waals surface area contributed by atoms with Crippen LogP contribution >= 0.6 is 11.6 Å². The molecule has 0 spiro atoms. The minimum absolute atomic E-state index is 0.108. The molecule has 0 unspecified atom stereocenters. The van der Waals surface area contributed by atoms with Crippen molar-refractivity contribution in [3.05, 3.63) is 94.3 Å². The molecule has 0 aliphatic heterocycles. The number of carbonyl (C=O) groups is 1. The molecule has 0 saturated heterocycles. The van der Waals surface area contributed by atoms with E-state index >= 15 is 0 Å². The van der Waals surface area contributed by atoms with Gasteiger partial charge in [-0.3, -0.25) is 4.79 Å². The van der Waals surface area contributed by atoms with E-state index in [1.807, 2.05) is 18.2 Å². The number of para-hydroxylation sites is 2. The van der Waals surface area contributed by atoms with E-state index in [9.17, 15) is 4.79 Å². The number of nitrogens with one attached hydrogen (secondary N) is 1. The molecule has 3 aromatic carbocycles. The third-order valence-electron chi connectivity index (χ3n) is 6.30. The molecule has 36 heavy (non-hydrogen) atoms. The van der Waals surface area contributed by atoms with Crippen molar-refractivity contribution in [2.45, 2.75) is 52.5 Å². The first-order chi connectivity index (χ1) is 17.4. The minimum atomic E-state index is -0.108. The second-order valence-corrected chi connectivity index (χ2v) is 9.87. The largest absolute Gasteiger partial charge is 0.493 e. The topological polar surface area (TPSA) is 56.1 Å². The number of aromatic nitrogens is 2. The fourth-order valence-corrected chi connectivity index (χ4v) is 4.48. The van der Waals surface area contributed by atoms with Crippen molar-refractivity contribution in [2.24, 2.45) is 0 Å². The Labute approximate surface area is 218 Å². The zero-order valence-corrected chi connectivity index (χ0v) is 22.0. The maximum absolute atomic E-state index is 12.5. The van der Waals surface area contributed by atoms with E-state index in [-0.39, 0.29) is 5.91 Å². The van der Waals surface area contributed by atoms with E-state index in [0.717, 1.165) is 42.0 Å². The molecule has 5 nitrogen and oxygen atoms in total. The Kier molecular flexibility index (Phi) is 8.65. The molecule has 0 saturated carbocycles. The average Bonchev–Trinajstić information content (AvgIpc) is 3.21. The van der Waals surface area contributed by atoms with Crippen LogP contribution in [0.3, 0.4) is 0 Å². The highest BCUT2D eigenvalue weighted by atomic mass is 35.5. The highest BCUT2D eigenvalue weighted by Gasteiger charge is 2.12. The quantitative estimate of drug-likeness (QED) is 0.225. The number of nitrogens with zero attached hydrogens (tertiary/aromatic N) is 2. The van der Waals surface area contributed by atoms with Gasteiger partial charge in [-0.05, 0) is 79.3 Å². The van der Waals surface area contributed by atoms with Crippen LogP contribution < -0.4 is 10.1 Å². The lowest BCUT2D eigenvalue weighted by Crippen LogP contribution is -2.26. The molecule has 1 amide bonds. The molecule has 6 heteroatoms. The van der Waals surface area contributed by atoms with Gasteiger partial charge in [0, 0.05) is 30.1 Å². The number of hydrogen-bond acceptors (Lipinski definition) is 3. The molecule has 0 bridgehead atoms. The Morgan fingerprint density at radius 3 is 2.61 bits per heavy atom. The van der Waals surface area contributed by atoms with E-state index < -0.39 is 0 Å². The lowest BCUT2D eigenvalue weighted by molar-refractivity contribution is 0.0954. The highest BCUT2D eigenvalue weighted by Crippen LogP contribution is 2.27. The zero-order chi connectivity index (χ0) is 25.5. The van der Waals surface area contributed by atoms with E-state index in [1.165, 1.54) is 11.1 Å². The fourth-order valence-electron chi connectivity index (χ4n) is 4.35. The number of amides is 1. The van der Waals surface area contributed by atoms with Gasteiger partial charge in [0.25, 0.3) is 5.91 Å². The van der Waals surface area contributed by atoms with Gasteiger partial charge in [0.2, 0.25) is 0 Å². The normalized spacial score (nSPS) is 11.2. The van der Waals surface area contributed by atoms with E-state index in [0.29, 0.717) is 36.1 Å². The first-order valence-electron chi connectivity index (χ1n) is 12.6. The number of carbonyl (C=O) groups excluding carboxylic acids is 1. The van der Waals surface area contributed by atoms with Gasteiger partial charge in [-0.15, -0.1) is 0 Å². The molecule has 0 aliphatic carbocycles. The standard InChI is InChI=1S/C30H34ClN3O2/c1-21(2)25-15-10-22(3)20-28(25)36-19-7-6-18-34-27-9-5-4-8-26(27)33-29(34)16-17-32-30(35)23-11-13-24(31)14-12-23/h4-5,8-15,20-21H,6-7,16-19H2,1-3H3,(H,32,35). The summed E-state index contributed by atoms with van der Waals surface area (Å²) in [6.45, 7) is 8.54. The SMILES string of the molecule is Cc1ccc(C(C)C)c(OCCCCn2c(CCNC(=O)c3ccc(Cl)cc3)nc3ccccc32)c1. The second kappa shape index (κ2) is 12.1. The molecule has 1 N–H and O–H groups in total. The average molecular weight is 504 g/mol. The van der Waals surface area contributed by atoms with Crippen LogP contribution in [0.2, 0.25) is 5.02 Å². The van der Waals surface area contributed by atoms with Crippen LogP contribution in [0, 0.1) is 6.92 Å². The summed E-state index contributed by atoms with van der Waals surface area (Å²) >= 11 is 5.92. The van der Waals surface area contributed by atoms with Gasteiger partial charge >= 0.3 is 0 Å². The Morgan fingerprint density at radius 1 is 1.06 bits per heavy atom. The van der Waals surface area contributed by atoms with Crippen molar-refractivity contribution in [1.29, 1.82) is 0 Å². The predicted octanol–water partition coefficient (Wildman–Crippen LogP) is 6.95. The van der Waals surface area contributed by atoms with Crippen molar-refractivity contribution in [2.75, 3.05) is 13.2 Å². The molecule has 1 aromatic heterocycles. The third-order valence-corrected chi connectivity index (χ3v) is 6.55. The van der Waals surface area contributed by atoms with E-state index in [2.05, 4.69) is 54.9 Å². The van der Waals surface area contributed by atoms with Gasteiger partial charge in [0.05, 0.1) is 17.6 Å². The zero-order valence-electron chi connectivity index (χ0n) is 21.3. The van der Waals surface area contributed by atoms with Gasteiger partial charge in [0.15, 0.2) is 0 Å². The van der Waals surface area contributed by atoms with Crippen LogP contribution in [0.25, 0.3) is 11.0 Å². The maximum atomic E-state index is 12.5. The van der Waals surface area contributed by atoms with Crippen LogP contribution in [0.4, 0.5) is 0 Å². The van der Waals surface area contributed by atoms with Gasteiger partial charge in [-0.2, -0.15) is 0 Å². The number of hydrogen-bond donors (Lipinski definition) is 1. The van der Waals surface area contributed by atoms with Gasteiger partial charge in [0.1, 0.15) is 11.6 Å². The number of fused-ring (bicyclic) bond motifs is 1. The van der Waals surface area contributed by atoms with Gasteiger partial charge in [-0.25, -0.2) is 4.98 Å². The number of benzene rings is 3. The lowest BCUT2D eigenvalue weighted by Gasteiger charge is -2.15. The van der Waals surface area contributed by atoms with E-state index in [4.69, 9.17) is 21.3 Å². The number of imidazole rings is 1. The molecule has 0 aliphatic rings. The molecule has 4 rings (SSSR count). The van der Waals surface area contributed by atoms with Crippen molar-refractivity contribution < 1.29 is 9.53 Å². The molecule has 0 radical (unpaired) electrons. The molecule has 4 aromatic rings. The summed E-state index contributed by atoms with van der Waals surface area (Å²) in [4.78, 5) is 17.3. The maximum Gasteiger partial charge on any atom is 0.251 e. The Morgan fingerprint density at radius 2 is 1.83 bits per heavy atom. The summed E-state index contributed by atoms with van der Waals surface area (Å²) in [6.07, 6.45) is 2.59. The third kappa shape index (κ3) is 6.46. The molecular weight excluding hydrogens is 470 g/mol. The van der Waals surface area contributed by atoms with Gasteiger partial charge in [-0.1, -0.05) is 49.7 Å². The first-order valence-corrected chi connectivity index (χ1v) is 13.0. The van der Waals surface area contributed by atoms with Crippen molar-refractivity contribution in [1.82, 2.24) is 14.9 Å². The predicted molar refractivity (Wildman–Crippen MR) is 147 cm³/mol. The number of ether oxygens (including phenoxy) is 1. The number of unbranched alkanes of at least 4 members (excludes halogenated alkanes) is 1. The first kappa shape index (κ1) is 25.8. The van der Waals surface area contributed by atoms with Crippen LogP contribution in [0.15, 0.2) is 66.7 Å². The van der Waals surface area contributed by atoms with E-state index in [1.54, 1.807) is 24.3 Å².